The number of hydrogen-bond donors (Lipinski definition) is 2. The summed E-state index contributed by atoms with van der Waals surface area (Å²) in [5, 5.41) is 7.51. The first-order valence-corrected chi connectivity index (χ1v) is 9.99. The summed E-state index contributed by atoms with van der Waals surface area (Å²) >= 11 is 0. The summed E-state index contributed by atoms with van der Waals surface area (Å²) in [5.74, 6) is -0.883. The largest absolute Gasteiger partial charge is 0.344 e. The van der Waals surface area contributed by atoms with Crippen molar-refractivity contribution in [3.8, 4) is 0 Å². The van der Waals surface area contributed by atoms with Gasteiger partial charge in [0.15, 0.2) is 0 Å². The second kappa shape index (κ2) is 9.83. The molecule has 0 heterocycles. The van der Waals surface area contributed by atoms with Gasteiger partial charge in [-0.1, -0.05) is 74.5 Å². The molecule has 2 N–H and O–H groups in total. The van der Waals surface area contributed by atoms with Crippen LogP contribution in [-0.4, -0.2) is 30.2 Å². The SMILES string of the molecule is CC(C)[C@H](NC(=O)c1ccc2ccccc2c1)C(=O)N[C@H]([C]=O)Cc1ccccc1. The van der Waals surface area contributed by atoms with Crippen LogP contribution in [0.1, 0.15) is 29.8 Å². The number of benzene rings is 3. The lowest BCUT2D eigenvalue weighted by Gasteiger charge is -2.23. The molecule has 5 heteroatoms. The Balaban J connectivity index is 1.69. The molecule has 0 spiro atoms. The molecule has 0 bridgehead atoms. The van der Waals surface area contributed by atoms with Gasteiger partial charge in [-0.25, -0.2) is 0 Å². The number of carbonyl (C=O) groups is 2. The quantitative estimate of drug-likeness (QED) is 0.607. The van der Waals surface area contributed by atoms with Gasteiger partial charge in [0.25, 0.3) is 5.91 Å². The number of amides is 2. The van der Waals surface area contributed by atoms with Crippen molar-refractivity contribution >= 4 is 28.9 Å². The zero-order valence-corrected chi connectivity index (χ0v) is 17.1. The number of carbonyl (C=O) groups excluding carboxylic acids is 3. The fourth-order valence-electron chi connectivity index (χ4n) is 3.32. The molecule has 0 aromatic heterocycles. The van der Waals surface area contributed by atoms with E-state index in [0.717, 1.165) is 16.3 Å². The normalized spacial score (nSPS) is 12.9. The van der Waals surface area contributed by atoms with E-state index in [2.05, 4.69) is 10.6 Å². The molecule has 2 amide bonds. The van der Waals surface area contributed by atoms with Gasteiger partial charge >= 0.3 is 0 Å². The van der Waals surface area contributed by atoms with Crippen LogP contribution < -0.4 is 10.6 Å². The van der Waals surface area contributed by atoms with Gasteiger partial charge in [-0.3, -0.25) is 14.4 Å². The Morgan fingerprint density at radius 1 is 0.867 bits per heavy atom. The Morgan fingerprint density at radius 2 is 1.53 bits per heavy atom. The Morgan fingerprint density at radius 3 is 2.20 bits per heavy atom. The van der Waals surface area contributed by atoms with Gasteiger partial charge in [0.1, 0.15) is 6.04 Å². The van der Waals surface area contributed by atoms with E-state index < -0.39 is 18.0 Å². The number of fused-ring (bicyclic) bond motifs is 1. The van der Waals surface area contributed by atoms with Crippen LogP contribution in [0.15, 0.2) is 72.8 Å². The van der Waals surface area contributed by atoms with E-state index in [0.29, 0.717) is 12.0 Å². The highest BCUT2D eigenvalue weighted by molar-refractivity contribution is 6.01. The van der Waals surface area contributed by atoms with Crippen LogP contribution in [0.5, 0.6) is 0 Å². The van der Waals surface area contributed by atoms with Crippen molar-refractivity contribution in [2.75, 3.05) is 0 Å². The number of hydrogen-bond acceptors (Lipinski definition) is 3. The van der Waals surface area contributed by atoms with E-state index >= 15 is 0 Å². The third-order valence-corrected chi connectivity index (χ3v) is 4.99. The van der Waals surface area contributed by atoms with Gasteiger partial charge in [0.05, 0.1) is 6.04 Å². The summed E-state index contributed by atoms with van der Waals surface area (Å²) in [6.45, 7) is 3.70. The molecule has 0 aliphatic carbocycles. The van der Waals surface area contributed by atoms with E-state index in [9.17, 15) is 14.4 Å². The third kappa shape index (κ3) is 5.32. The van der Waals surface area contributed by atoms with E-state index in [4.69, 9.17) is 0 Å². The first-order chi connectivity index (χ1) is 14.5. The standard InChI is InChI=1S/C25H25N2O3/c1-17(2)23(25(30)26-22(16-28)14-18-8-4-3-5-9-18)27-24(29)21-13-12-19-10-6-7-11-20(19)15-21/h3-13,15,17,22-23H,14H2,1-2H3,(H,26,30)(H,27,29)/t22-,23-/m0/s1. The molecule has 1 radical (unpaired) electrons. The Labute approximate surface area is 176 Å². The topological polar surface area (TPSA) is 75.3 Å². The molecule has 3 aromatic rings. The molecule has 0 saturated heterocycles. The zero-order chi connectivity index (χ0) is 21.5. The number of rotatable bonds is 8. The maximum absolute atomic E-state index is 12.8. The van der Waals surface area contributed by atoms with Crippen LogP contribution in [-0.2, 0) is 16.0 Å². The lowest BCUT2D eigenvalue weighted by Crippen LogP contribution is -2.52. The molecule has 5 nitrogen and oxygen atoms in total. The Hall–Kier alpha value is -3.47. The van der Waals surface area contributed by atoms with E-state index in [1.807, 2.05) is 80.8 Å². The van der Waals surface area contributed by atoms with Crippen LogP contribution in [0.25, 0.3) is 10.8 Å². The fraction of sp³-hybridized carbons (Fsp3) is 0.240. The minimum atomic E-state index is -0.779. The Bertz CT molecular complexity index is 1030. The maximum Gasteiger partial charge on any atom is 0.251 e. The highest BCUT2D eigenvalue weighted by Crippen LogP contribution is 2.16. The summed E-state index contributed by atoms with van der Waals surface area (Å²) in [4.78, 5) is 37.0. The number of nitrogens with one attached hydrogen (secondary N) is 2. The van der Waals surface area contributed by atoms with Crippen molar-refractivity contribution in [2.45, 2.75) is 32.4 Å². The van der Waals surface area contributed by atoms with Crippen LogP contribution in [0.3, 0.4) is 0 Å². The highest BCUT2D eigenvalue weighted by atomic mass is 16.2. The van der Waals surface area contributed by atoms with Gasteiger partial charge < -0.3 is 10.6 Å². The van der Waals surface area contributed by atoms with Crippen molar-refractivity contribution in [3.63, 3.8) is 0 Å². The van der Waals surface area contributed by atoms with E-state index in [1.54, 1.807) is 12.1 Å². The van der Waals surface area contributed by atoms with Gasteiger partial charge in [0.2, 0.25) is 12.2 Å². The molecular formula is C25H25N2O3. The summed E-state index contributed by atoms with van der Waals surface area (Å²) < 4.78 is 0. The average Bonchev–Trinajstić information content (AvgIpc) is 2.76. The minimum absolute atomic E-state index is 0.154. The van der Waals surface area contributed by atoms with Gasteiger partial charge in [0, 0.05) is 12.0 Å². The molecule has 0 aliphatic rings. The molecule has 0 fully saturated rings. The maximum atomic E-state index is 12.8. The van der Waals surface area contributed by atoms with Crippen LogP contribution in [0.4, 0.5) is 0 Å². The summed E-state index contributed by atoms with van der Waals surface area (Å²) in [6.07, 6.45) is 2.23. The first-order valence-electron chi connectivity index (χ1n) is 9.99. The van der Waals surface area contributed by atoms with Crippen LogP contribution >= 0.6 is 0 Å². The molecule has 30 heavy (non-hydrogen) atoms. The van der Waals surface area contributed by atoms with Crippen LogP contribution in [0, 0.1) is 5.92 Å². The second-order valence-corrected chi connectivity index (χ2v) is 7.63. The molecule has 0 saturated carbocycles. The van der Waals surface area contributed by atoms with Gasteiger partial charge in [-0.05, 0) is 34.4 Å². The zero-order valence-electron chi connectivity index (χ0n) is 17.1. The fourth-order valence-corrected chi connectivity index (χ4v) is 3.32. The van der Waals surface area contributed by atoms with E-state index in [-0.39, 0.29) is 11.8 Å². The van der Waals surface area contributed by atoms with Crippen molar-refractivity contribution in [1.82, 2.24) is 10.6 Å². The van der Waals surface area contributed by atoms with Gasteiger partial charge in [-0.15, -0.1) is 0 Å². The van der Waals surface area contributed by atoms with Crippen LogP contribution in [0.2, 0.25) is 0 Å². The lowest BCUT2D eigenvalue weighted by molar-refractivity contribution is -0.124. The van der Waals surface area contributed by atoms with Crippen molar-refractivity contribution in [2.24, 2.45) is 5.92 Å². The molecule has 3 rings (SSSR count). The van der Waals surface area contributed by atoms with Gasteiger partial charge in [-0.2, -0.15) is 0 Å². The third-order valence-electron chi connectivity index (χ3n) is 4.99. The highest BCUT2D eigenvalue weighted by Gasteiger charge is 2.27. The molecule has 2 atom stereocenters. The molecule has 3 aromatic carbocycles. The molecule has 0 unspecified atom stereocenters. The molecule has 153 valence electrons. The first kappa shape index (κ1) is 21.2. The minimum Gasteiger partial charge on any atom is -0.344 e. The van der Waals surface area contributed by atoms with Crippen molar-refractivity contribution in [3.05, 3.63) is 83.9 Å². The smallest absolute Gasteiger partial charge is 0.251 e. The summed E-state index contributed by atoms with van der Waals surface area (Å²) in [5.41, 5.74) is 1.40. The summed E-state index contributed by atoms with van der Waals surface area (Å²) in [6, 6.07) is 21.1. The molecular weight excluding hydrogens is 376 g/mol. The van der Waals surface area contributed by atoms with Crippen molar-refractivity contribution in [1.29, 1.82) is 0 Å². The predicted molar refractivity (Wildman–Crippen MR) is 118 cm³/mol. The second-order valence-electron chi connectivity index (χ2n) is 7.63. The average molecular weight is 401 g/mol. The summed E-state index contributed by atoms with van der Waals surface area (Å²) in [7, 11) is 0. The predicted octanol–water partition coefficient (Wildman–Crippen LogP) is 3.43. The van der Waals surface area contributed by atoms with Crippen molar-refractivity contribution < 1.29 is 14.4 Å². The Kier molecular flexibility index (Phi) is 6.96. The lowest BCUT2D eigenvalue weighted by atomic mass is 10.0. The molecule has 0 aliphatic heterocycles. The monoisotopic (exact) mass is 401 g/mol. The van der Waals surface area contributed by atoms with E-state index in [1.165, 1.54) is 0 Å².